The first kappa shape index (κ1) is 19.9. The van der Waals surface area contributed by atoms with Gasteiger partial charge in [0.05, 0.1) is 23.9 Å². The van der Waals surface area contributed by atoms with Gasteiger partial charge >= 0.3 is 0 Å². The number of hydrogen-bond acceptors (Lipinski definition) is 6. The van der Waals surface area contributed by atoms with E-state index in [9.17, 15) is 4.79 Å². The summed E-state index contributed by atoms with van der Waals surface area (Å²) in [5.74, 6) is 0.929. The maximum Gasteiger partial charge on any atom is 0.213 e. The van der Waals surface area contributed by atoms with Crippen molar-refractivity contribution in [2.45, 2.75) is 50.6 Å². The van der Waals surface area contributed by atoms with Gasteiger partial charge in [0.25, 0.3) is 0 Å². The fourth-order valence-corrected chi connectivity index (χ4v) is 4.45. The Kier molecular flexibility index (Phi) is 5.32. The van der Waals surface area contributed by atoms with Crippen LogP contribution < -0.4 is 15.8 Å². The van der Waals surface area contributed by atoms with E-state index >= 15 is 0 Å². The second kappa shape index (κ2) is 8.27. The SMILES string of the molecule is COc1cc(-c2ccc3ncc(C(=O)C4CC4)c(N[C@H]4CC[C@H](N)CC4)c3c2)ccn1. The third-order valence-corrected chi connectivity index (χ3v) is 6.48. The molecule has 1 aromatic carbocycles. The lowest BCUT2D eigenvalue weighted by Gasteiger charge is -2.29. The molecule has 0 unspecified atom stereocenters. The van der Waals surface area contributed by atoms with Crippen LogP contribution in [0.1, 0.15) is 48.9 Å². The molecule has 0 bridgehead atoms. The van der Waals surface area contributed by atoms with Gasteiger partial charge in [-0.2, -0.15) is 0 Å². The van der Waals surface area contributed by atoms with Crippen LogP contribution in [0.5, 0.6) is 5.88 Å². The summed E-state index contributed by atoms with van der Waals surface area (Å²) in [6.45, 7) is 0. The van der Waals surface area contributed by atoms with Gasteiger partial charge < -0.3 is 15.8 Å². The smallest absolute Gasteiger partial charge is 0.213 e. The van der Waals surface area contributed by atoms with Crippen LogP contribution >= 0.6 is 0 Å². The third kappa shape index (κ3) is 4.12. The second-order valence-electron chi connectivity index (χ2n) is 8.76. The lowest BCUT2D eigenvalue weighted by atomic mass is 9.91. The number of methoxy groups -OCH3 is 1. The number of carbonyl (C=O) groups excluding carboxylic acids is 1. The summed E-state index contributed by atoms with van der Waals surface area (Å²) in [6.07, 6.45) is 9.51. The zero-order valence-electron chi connectivity index (χ0n) is 17.8. The quantitative estimate of drug-likeness (QED) is 0.572. The van der Waals surface area contributed by atoms with E-state index in [-0.39, 0.29) is 17.7 Å². The van der Waals surface area contributed by atoms with Gasteiger partial charge in [-0.15, -0.1) is 0 Å². The largest absolute Gasteiger partial charge is 0.481 e. The van der Waals surface area contributed by atoms with E-state index in [0.29, 0.717) is 17.5 Å². The highest BCUT2D eigenvalue weighted by Gasteiger charge is 2.33. The highest BCUT2D eigenvalue weighted by atomic mass is 16.5. The fraction of sp³-hybridized carbons (Fsp3) is 0.400. The molecule has 0 amide bonds. The maximum absolute atomic E-state index is 13.1. The number of aromatic nitrogens is 2. The molecule has 2 fully saturated rings. The van der Waals surface area contributed by atoms with Crippen LogP contribution in [-0.2, 0) is 0 Å². The van der Waals surface area contributed by atoms with Crippen molar-refractivity contribution >= 4 is 22.4 Å². The summed E-state index contributed by atoms with van der Waals surface area (Å²) in [4.78, 5) is 21.9. The molecular weight excluding hydrogens is 388 g/mol. The van der Waals surface area contributed by atoms with Crippen LogP contribution in [0, 0.1) is 5.92 Å². The van der Waals surface area contributed by atoms with Gasteiger partial charge in [-0.3, -0.25) is 9.78 Å². The Morgan fingerprint density at radius 2 is 1.81 bits per heavy atom. The predicted molar refractivity (Wildman–Crippen MR) is 122 cm³/mol. The van der Waals surface area contributed by atoms with E-state index in [1.54, 1.807) is 19.5 Å². The number of anilines is 1. The van der Waals surface area contributed by atoms with Crippen LogP contribution in [0.3, 0.4) is 0 Å². The summed E-state index contributed by atoms with van der Waals surface area (Å²) in [5.41, 5.74) is 10.7. The van der Waals surface area contributed by atoms with Crippen molar-refractivity contribution in [3.63, 3.8) is 0 Å². The van der Waals surface area contributed by atoms with E-state index in [0.717, 1.165) is 66.2 Å². The number of rotatable bonds is 6. The van der Waals surface area contributed by atoms with Crippen LogP contribution in [0.2, 0.25) is 0 Å². The van der Waals surface area contributed by atoms with Crippen molar-refractivity contribution in [3.05, 3.63) is 48.3 Å². The number of benzene rings is 1. The number of Topliss-reactive ketones (excluding diaryl/α,β-unsaturated/α-hetero) is 1. The molecule has 2 aliphatic rings. The minimum Gasteiger partial charge on any atom is -0.481 e. The third-order valence-electron chi connectivity index (χ3n) is 6.48. The normalized spacial score (nSPS) is 21.1. The molecule has 3 aromatic rings. The molecule has 0 spiro atoms. The lowest BCUT2D eigenvalue weighted by Crippen LogP contribution is -2.33. The van der Waals surface area contributed by atoms with Crippen molar-refractivity contribution in [2.24, 2.45) is 11.7 Å². The molecule has 2 aliphatic carbocycles. The van der Waals surface area contributed by atoms with Gasteiger partial charge in [-0.1, -0.05) is 6.07 Å². The van der Waals surface area contributed by atoms with Crippen LogP contribution in [0.15, 0.2) is 42.7 Å². The van der Waals surface area contributed by atoms with Gasteiger partial charge in [0.2, 0.25) is 5.88 Å². The Balaban J connectivity index is 1.59. The summed E-state index contributed by atoms with van der Waals surface area (Å²) in [7, 11) is 1.62. The second-order valence-corrected chi connectivity index (χ2v) is 8.76. The average Bonchev–Trinajstić information content (AvgIpc) is 3.65. The number of nitrogens with zero attached hydrogens (tertiary/aromatic N) is 2. The predicted octanol–water partition coefficient (Wildman–Crippen LogP) is 4.58. The lowest BCUT2D eigenvalue weighted by molar-refractivity contribution is 0.0968. The van der Waals surface area contributed by atoms with E-state index in [1.165, 1.54) is 0 Å². The number of nitrogens with one attached hydrogen (secondary N) is 1. The Bertz CT molecular complexity index is 1120. The van der Waals surface area contributed by atoms with Crippen LogP contribution in [0.4, 0.5) is 5.69 Å². The molecule has 3 N–H and O–H groups in total. The maximum atomic E-state index is 13.1. The zero-order chi connectivity index (χ0) is 21.4. The Morgan fingerprint density at radius 3 is 2.55 bits per heavy atom. The van der Waals surface area contributed by atoms with Gasteiger partial charge in [-0.05, 0) is 67.9 Å². The number of ether oxygens (including phenoxy) is 1. The van der Waals surface area contributed by atoms with E-state index in [1.807, 2.05) is 18.2 Å². The van der Waals surface area contributed by atoms with Crippen molar-refractivity contribution < 1.29 is 9.53 Å². The molecule has 0 aliphatic heterocycles. The Labute approximate surface area is 182 Å². The number of pyridine rings is 2. The number of hydrogen-bond donors (Lipinski definition) is 2. The molecule has 2 aromatic heterocycles. The minimum absolute atomic E-state index is 0.146. The van der Waals surface area contributed by atoms with Gasteiger partial charge in [-0.25, -0.2) is 4.98 Å². The summed E-state index contributed by atoms with van der Waals surface area (Å²) in [5, 5.41) is 4.71. The van der Waals surface area contributed by atoms with Crippen LogP contribution in [-0.4, -0.2) is 34.9 Å². The molecule has 6 nitrogen and oxygen atoms in total. The molecule has 6 heteroatoms. The van der Waals surface area contributed by atoms with Crippen molar-refractivity contribution in [2.75, 3.05) is 12.4 Å². The topological polar surface area (TPSA) is 90.1 Å². The minimum atomic E-state index is 0.146. The monoisotopic (exact) mass is 416 g/mol. The average molecular weight is 417 g/mol. The van der Waals surface area contributed by atoms with Crippen LogP contribution in [0.25, 0.3) is 22.0 Å². The molecular formula is C25H28N4O2. The molecule has 2 heterocycles. The highest BCUT2D eigenvalue weighted by molar-refractivity contribution is 6.10. The van der Waals surface area contributed by atoms with E-state index in [2.05, 4.69) is 27.4 Å². The van der Waals surface area contributed by atoms with Crippen molar-refractivity contribution in [1.82, 2.24) is 9.97 Å². The molecule has 0 atom stereocenters. The van der Waals surface area contributed by atoms with Crippen molar-refractivity contribution in [1.29, 1.82) is 0 Å². The number of ketones is 1. The molecule has 0 saturated heterocycles. The Morgan fingerprint density at radius 1 is 1.03 bits per heavy atom. The molecule has 5 rings (SSSR count). The number of nitrogens with two attached hydrogens (primary N) is 1. The molecule has 2 saturated carbocycles. The summed E-state index contributed by atoms with van der Waals surface area (Å²) in [6, 6.07) is 10.7. The summed E-state index contributed by atoms with van der Waals surface area (Å²) < 4.78 is 5.29. The molecule has 31 heavy (non-hydrogen) atoms. The van der Waals surface area contributed by atoms with E-state index < -0.39 is 0 Å². The van der Waals surface area contributed by atoms with Crippen molar-refractivity contribution in [3.8, 4) is 17.0 Å². The molecule has 160 valence electrons. The standard InChI is InChI=1S/C25H28N4O2/c1-31-23-13-17(10-11-27-23)16-4-9-22-20(12-16)24(29-19-7-5-18(26)6-8-19)21(14-28-22)25(30)15-2-3-15/h4,9-15,18-19H,2-3,5-8,26H2,1H3,(H,28,29)/t18-,19-. The zero-order valence-corrected chi connectivity index (χ0v) is 17.8. The van der Waals surface area contributed by atoms with E-state index in [4.69, 9.17) is 10.5 Å². The first-order valence-electron chi connectivity index (χ1n) is 11.1. The number of carbonyl (C=O) groups is 1. The first-order chi connectivity index (χ1) is 15.1. The van der Waals surface area contributed by atoms with Gasteiger partial charge in [0.1, 0.15) is 0 Å². The number of fused-ring (bicyclic) bond motifs is 1. The highest BCUT2D eigenvalue weighted by Crippen LogP contribution is 2.38. The summed E-state index contributed by atoms with van der Waals surface area (Å²) >= 11 is 0. The first-order valence-corrected chi connectivity index (χ1v) is 11.1. The van der Waals surface area contributed by atoms with Gasteiger partial charge in [0.15, 0.2) is 5.78 Å². The van der Waals surface area contributed by atoms with Gasteiger partial charge in [0, 0.05) is 41.8 Å². The molecule has 0 radical (unpaired) electrons. The Hall–Kier alpha value is -2.99. The fourth-order valence-electron chi connectivity index (χ4n) is 4.45.